The fourth-order valence-electron chi connectivity index (χ4n) is 3.26. The summed E-state index contributed by atoms with van der Waals surface area (Å²) in [5.41, 5.74) is 1.31. The minimum absolute atomic E-state index is 0. The van der Waals surface area contributed by atoms with E-state index >= 15 is 0 Å². The maximum absolute atomic E-state index is 3.17. The van der Waals surface area contributed by atoms with Crippen molar-refractivity contribution in [2.24, 2.45) is 0 Å². The molecular formula is C21H13CeS-. The van der Waals surface area contributed by atoms with Crippen LogP contribution in [0, 0.1) is 54.7 Å². The van der Waals surface area contributed by atoms with E-state index in [2.05, 4.69) is 67.6 Å². The van der Waals surface area contributed by atoms with Crippen molar-refractivity contribution in [3.63, 3.8) is 0 Å². The van der Waals surface area contributed by atoms with Crippen molar-refractivity contribution in [1.29, 1.82) is 0 Å². The molecule has 0 amide bonds. The summed E-state index contributed by atoms with van der Waals surface area (Å²) in [6.07, 6.45) is 0. The Bertz CT molecular complexity index is 1180. The Morgan fingerprint density at radius 1 is 0.739 bits per heavy atom. The minimum atomic E-state index is 0. The number of benzene rings is 4. The summed E-state index contributed by atoms with van der Waals surface area (Å²) in [6.45, 7) is 2.15. The minimum Gasteiger partial charge on any atom is -0.183 e. The van der Waals surface area contributed by atoms with Crippen LogP contribution in [0.1, 0.15) is 5.56 Å². The molecule has 0 saturated carbocycles. The van der Waals surface area contributed by atoms with Crippen LogP contribution in [-0.2, 0) is 0 Å². The van der Waals surface area contributed by atoms with Crippen LogP contribution in [0.2, 0.25) is 0 Å². The molecule has 0 aliphatic heterocycles. The average molecular weight is 438 g/mol. The zero-order valence-electron chi connectivity index (χ0n) is 12.7. The maximum atomic E-state index is 3.17. The van der Waals surface area contributed by atoms with Crippen LogP contribution >= 0.6 is 11.3 Å². The number of hydrogen-bond acceptors (Lipinski definition) is 1. The first kappa shape index (κ1) is 15.5. The molecule has 0 radical (unpaired) electrons. The predicted octanol–water partition coefficient (Wildman–Crippen LogP) is 6.47. The van der Waals surface area contributed by atoms with Crippen molar-refractivity contribution in [3.05, 3.63) is 72.3 Å². The van der Waals surface area contributed by atoms with Crippen LogP contribution in [0.15, 0.2) is 60.7 Å². The number of hydrogen-bond donors (Lipinski definition) is 0. The summed E-state index contributed by atoms with van der Waals surface area (Å²) < 4.78 is 2.72. The van der Waals surface area contributed by atoms with Gasteiger partial charge in [-0.25, -0.2) is 0 Å². The van der Waals surface area contributed by atoms with Gasteiger partial charge in [0.05, 0.1) is 0 Å². The SMILES string of the molecule is Cc1ccc2cc3c(cc2c1)sc1cc2c[c-]ccc2cc13.[Ce]. The molecule has 0 aliphatic rings. The first-order valence-corrected chi connectivity index (χ1v) is 8.26. The van der Waals surface area contributed by atoms with Gasteiger partial charge in [0.25, 0.3) is 0 Å². The largest absolute Gasteiger partial charge is 0.183 e. The van der Waals surface area contributed by atoms with Crippen LogP contribution in [0.4, 0.5) is 0 Å². The molecule has 1 aromatic heterocycles. The second-order valence-corrected chi connectivity index (χ2v) is 7.01. The Hall–Kier alpha value is -1.00. The van der Waals surface area contributed by atoms with Crippen LogP contribution in [0.3, 0.4) is 0 Å². The molecule has 5 rings (SSSR count). The molecule has 4 aromatic carbocycles. The van der Waals surface area contributed by atoms with Crippen LogP contribution in [0.25, 0.3) is 41.7 Å². The predicted molar refractivity (Wildman–Crippen MR) is 97.9 cm³/mol. The topological polar surface area (TPSA) is 0 Å². The molecule has 0 aliphatic carbocycles. The van der Waals surface area contributed by atoms with Gasteiger partial charge in [0, 0.05) is 56.5 Å². The zero-order valence-corrected chi connectivity index (χ0v) is 16.6. The number of rotatable bonds is 0. The molecule has 5 aromatic rings. The maximum Gasteiger partial charge on any atom is 0.0361 e. The molecule has 2 heteroatoms. The third kappa shape index (κ3) is 2.51. The summed E-state index contributed by atoms with van der Waals surface area (Å²) in [5, 5.41) is 7.93. The first-order chi connectivity index (χ1) is 10.8. The van der Waals surface area contributed by atoms with Crippen molar-refractivity contribution >= 4 is 53.1 Å². The first-order valence-electron chi connectivity index (χ1n) is 7.44. The normalized spacial score (nSPS) is 11.3. The van der Waals surface area contributed by atoms with E-state index in [1.54, 1.807) is 0 Å². The molecular weight excluding hydrogens is 424 g/mol. The van der Waals surface area contributed by atoms with Gasteiger partial charge in [-0.15, -0.1) is 22.1 Å². The molecule has 1 heterocycles. The molecule has 0 bridgehead atoms. The van der Waals surface area contributed by atoms with E-state index in [1.165, 1.54) is 47.3 Å². The molecule has 0 atom stereocenters. The Kier molecular flexibility index (Phi) is 3.92. The Morgan fingerprint density at radius 2 is 1.43 bits per heavy atom. The number of thiophene rings is 1. The van der Waals surface area contributed by atoms with Gasteiger partial charge in [-0.2, -0.15) is 24.3 Å². The molecule has 0 saturated heterocycles. The fourth-order valence-corrected chi connectivity index (χ4v) is 4.43. The van der Waals surface area contributed by atoms with Crippen molar-refractivity contribution in [2.75, 3.05) is 0 Å². The van der Waals surface area contributed by atoms with Crippen LogP contribution < -0.4 is 0 Å². The zero-order chi connectivity index (χ0) is 14.7. The van der Waals surface area contributed by atoms with Gasteiger partial charge in [0.15, 0.2) is 0 Å². The van der Waals surface area contributed by atoms with E-state index < -0.39 is 0 Å². The van der Waals surface area contributed by atoms with Crippen molar-refractivity contribution < 1.29 is 41.7 Å². The van der Waals surface area contributed by atoms with Gasteiger partial charge in [-0.05, 0) is 35.2 Å². The second kappa shape index (κ2) is 5.82. The van der Waals surface area contributed by atoms with Crippen molar-refractivity contribution in [2.45, 2.75) is 6.92 Å². The third-order valence-corrected chi connectivity index (χ3v) is 5.50. The molecule has 23 heavy (non-hydrogen) atoms. The monoisotopic (exact) mass is 437 g/mol. The summed E-state index contributed by atoms with van der Waals surface area (Å²) in [6, 6.07) is 25.3. The fraction of sp³-hybridized carbons (Fsp3) is 0.0476. The van der Waals surface area contributed by atoms with Gasteiger partial charge in [0.2, 0.25) is 0 Å². The van der Waals surface area contributed by atoms with E-state index in [1.807, 2.05) is 17.4 Å². The molecule has 0 N–H and O–H groups in total. The summed E-state index contributed by atoms with van der Waals surface area (Å²) in [4.78, 5) is 0. The third-order valence-electron chi connectivity index (χ3n) is 4.39. The quantitative estimate of drug-likeness (QED) is 0.244. The number of fused-ring (bicyclic) bond motifs is 5. The molecule has 108 valence electrons. The van der Waals surface area contributed by atoms with Crippen molar-refractivity contribution in [3.8, 4) is 0 Å². The average Bonchev–Trinajstić information content (AvgIpc) is 2.87. The second-order valence-electron chi connectivity index (χ2n) is 5.92. The van der Waals surface area contributed by atoms with Crippen LogP contribution in [-0.4, -0.2) is 0 Å². The van der Waals surface area contributed by atoms with Gasteiger partial charge >= 0.3 is 0 Å². The van der Waals surface area contributed by atoms with Gasteiger partial charge < -0.3 is 0 Å². The van der Waals surface area contributed by atoms with Crippen LogP contribution in [0.5, 0.6) is 0 Å². The Balaban J connectivity index is 0.00000135. The Labute approximate surface area is 172 Å². The van der Waals surface area contributed by atoms with Gasteiger partial charge in [-0.1, -0.05) is 35.9 Å². The standard InChI is InChI=1S/C21H13S.Ce/c1-13-6-7-16-10-19-18-9-14-4-2-3-5-15(14)11-20(18)22-21(19)12-17(16)8-13;/h2,4-12H,1H3;/q-1;. The summed E-state index contributed by atoms with van der Waals surface area (Å²) >= 11 is 1.88. The number of aryl methyl sites for hydroxylation is 1. The van der Waals surface area contributed by atoms with E-state index in [0.717, 1.165) is 0 Å². The Morgan fingerprint density at radius 3 is 2.22 bits per heavy atom. The molecule has 0 unspecified atom stereocenters. The van der Waals surface area contributed by atoms with E-state index in [9.17, 15) is 0 Å². The van der Waals surface area contributed by atoms with E-state index in [-0.39, 0.29) is 41.7 Å². The summed E-state index contributed by atoms with van der Waals surface area (Å²) in [5.74, 6) is 0. The molecule has 0 fully saturated rings. The molecule has 0 nitrogen and oxygen atoms in total. The van der Waals surface area contributed by atoms with E-state index in [4.69, 9.17) is 0 Å². The van der Waals surface area contributed by atoms with Gasteiger partial charge in [0.1, 0.15) is 0 Å². The van der Waals surface area contributed by atoms with Gasteiger partial charge in [-0.3, -0.25) is 0 Å². The molecule has 0 spiro atoms. The van der Waals surface area contributed by atoms with Crippen molar-refractivity contribution in [1.82, 2.24) is 0 Å². The summed E-state index contributed by atoms with van der Waals surface area (Å²) in [7, 11) is 0. The smallest absolute Gasteiger partial charge is 0.0361 e. The van der Waals surface area contributed by atoms with E-state index in [0.29, 0.717) is 0 Å².